The highest BCUT2D eigenvalue weighted by atomic mass is 35.5. The lowest BCUT2D eigenvalue weighted by Gasteiger charge is -2.20. The SMILES string of the molecule is Cc1noc(CCCC(=O)N[C@H]2CCO[C@@H]2c2ccc(Cl)cc2)n1. The summed E-state index contributed by atoms with van der Waals surface area (Å²) in [6.45, 7) is 2.41. The molecule has 1 N–H and O–H groups in total. The standard InChI is InChI=1S/C17H20ClN3O3/c1-11-19-16(24-21-11)4-2-3-15(22)20-14-9-10-23-17(14)12-5-7-13(18)8-6-12/h5-8,14,17H,2-4,9-10H2,1H3,(H,20,22)/t14-,17+/m0/s1. The fraction of sp³-hybridized carbons (Fsp3) is 0.471. The molecule has 0 radical (unpaired) electrons. The number of rotatable bonds is 6. The summed E-state index contributed by atoms with van der Waals surface area (Å²) in [6, 6.07) is 7.54. The van der Waals surface area contributed by atoms with E-state index in [1.807, 2.05) is 24.3 Å². The fourth-order valence-corrected chi connectivity index (χ4v) is 2.97. The molecule has 0 bridgehead atoms. The normalized spacial score (nSPS) is 20.2. The molecule has 2 aromatic rings. The maximum absolute atomic E-state index is 12.2. The number of carbonyl (C=O) groups is 1. The molecule has 1 aromatic heterocycles. The Hall–Kier alpha value is -1.92. The number of hydrogen-bond acceptors (Lipinski definition) is 5. The van der Waals surface area contributed by atoms with Crippen LogP contribution in [0.2, 0.25) is 5.02 Å². The lowest BCUT2D eigenvalue weighted by Crippen LogP contribution is -2.36. The summed E-state index contributed by atoms with van der Waals surface area (Å²) in [7, 11) is 0. The molecular weight excluding hydrogens is 330 g/mol. The van der Waals surface area contributed by atoms with Gasteiger partial charge in [0.1, 0.15) is 6.10 Å². The molecule has 0 aliphatic carbocycles. The van der Waals surface area contributed by atoms with Crippen LogP contribution in [0.25, 0.3) is 0 Å². The average Bonchev–Trinajstić information content (AvgIpc) is 3.17. The first-order valence-electron chi connectivity index (χ1n) is 8.07. The second kappa shape index (κ2) is 7.77. The maximum atomic E-state index is 12.2. The predicted octanol–water partition coefficient (Wildman–Crippen LogP) is 3.00. The van der Waals surface area contributed by atoms with Gasteiger partial charge in [-0.3, -0.25) is 4.79 Å². The van der Waals surface area contributed by atoms with Crippen molar-refractivity contribution >= 4 is 17.5 Å². The van der Waals surface area contributed by atoms with Crippen molar-refractivity contribution in [2.75, 3.05) is 6.61 Å². The van der Waals surface area contributed by atoms with E-state index in [0.29, 0.717) is 42.6 Å². The Bertz CT molecular complexity index is 687. The van der Waals surface area contributed by atoms with Crippen molar-refractivity contribution in [3.63, 3.8) is 0 Å². The van der Waals surface area contributed by atoms with Crippen LogP contribution in [0.3, 0.4) is 0 Å². The first-order valence-corrected chi connectivity index (χ1v) is 8.45. The van der Waals surface area contributed by atoms with Crippen LogP contribution in [0.5, 0.6) is 0 Å². The second-order valence-electron chi connectivity index (χ2n) is 5.89. The summed E-state index contributed by atoms with van der Waals surface area (Å²) in [4.78, 5) is 16.3. The average molecular weight is 350 g/mol. The maximum Gasteiger partial charge on any atom is 0.226 e. The van der Waals surface area contributed by atoms with Gasteiger partial charge in [-0.15, -0.1) is 0 Å². The molecule has 1 aliphatic rings. The molecular formula is C17H20ClN3O3. The third-order valence-corrected chi connectivity index (χ3v) is 4.25. The summed E-state index contributed by atoms with van der Waals surface area (Å²) in [5, 5.41) is 7.49. The highest BCUT2D eigenvalue weighted by Crippen LogP contribution is 2.30. The van der Waals surface area contributed by atoms with Crippen LogP contribution in [0.15, 0.2) is 28.8 Å². The van der Waals surface area contributed by atoms with E-state index in [1.54, 1.807) is 6.92 Å². The molecule has 24 heavy (non-hydrogen) atoms. The van der Waals surface area contributed by atoms with E-state index in [1.165, 1.54) is 0 Å². The van der Waals surface area contributed by atoms with Gasteiger partial charge in [-0.25, -0.2) is 0 Å². The van der Waals surface area contributed by atoms with Crippen LogP contribution < -0.4 is 5.32 Å². The van der Waals surface area contributed by atoms with Gasteiger partial charge in [-0.2, -0.15) is 4.98 Å². The van der Waals surface area contributed by atoms with E-state index in [-0.39, 0.29) is 18.1 Å². The van der Waals surface area contributed by atoms with Gasteiger partial charge < -0.3 is 14.6 Å². The first-order chi connectivity index (χ1) is 11.6. The Balaban J connectivity index is 1.48. The minimum Gasteiger partial charge on any atom is -0.371 e. The number of hydrogen-bond donors (Lipinski definition) is 1. The van der Waals surface area contributed by atoms with Gasteiger partial charge in [0, 0.05) is 24.5 Å². The molecule has 0 saturated carbocycles. The minimum atomic E-state index is -0.121. The van der Waals surface area contributed by atoms with Crippen molar-refractivity contribution in [1.29, 1.82) is 0 Å². The fourth-order valence-electron chi connectivity index (χ4n) is 2.84. The number of nitrogens with zero attached hydrogens (tertiary/aromatic N) is 2. The second-order valence-corrected chi connectivity index (χ2v) is 6.33. The van der Waals surface area contributed by atoms with E-state index in [0.717, 1.165) is 12.0 Å². The molecule has 2 heterocycles. The molecule has 128 valence electrons. The van der Waals surface area contributed by atoms with Crippen LogP contribution in [0.1, 0.15) is 42.6 Å². The molecule has 1 saturated heterocycles. The topological polar surface area (TPSA) is 77.2 Å². The predicted molar refractivity (Wildman–Crippen MR) is 88.7 cm³/mol. The number of aromatic nitrogens is 2. The largest absolute Gasteiger partial charge is 0.371 e. The molecule has 1 aromatic carbocycles. The number of amides is 1. The lowest BCUT2D eigenvalue weighted by molar-refractivity contribution is -0.122. The molecule has 0 unspecified atom stereocenters. The van der Waals surface area contributed by atoms with Crippen molar-refractivity contribution in [2.24, 2.45) is 0 Å². The molecule has 7 heteroatoms. The van der Waals surface area contributed by atoms with Crippen LogP contribution >= 0.6 is 11.6 Å². The quantitative estimate of drug-likeness (QED) is 0.867. The third-order valence-electron chi connectivity index (χ3n) is 4.00. The van der Waals surface area contributed by atoms with Crippen LogP contribution in [-0.2, 0) is 16.0 Å². The van der Waals surface area contributed by atoms with Gasteiger partial charge >= 0.3 is 0 Å². The van der Waals surface area contributed by atoms with Gasteiger partial charge in [0.15, 0.2) is 5.82 Å². The van der Waals surface area contributed by atoms with Gasteiger partial charge in [0.2, 0.25) is 11.8 Å². The number of nitrogens with one attached hydrogen (secondary N) is 1. The smallest absolute Gasteiger partial charge is 0.226 e. The molecule has 0 spiro atoms. The van der Waals surface area contributed by atoms with Crippen molar-refractivity contribution in [1.82, 2.24) is 15.5 Å². The minimum absolute atomic E-state index is 0.00988. The zero-order valence-corrected chi connectivity index (χ0v) is 14.3. The molecule has 2 atom stereocenters. The lowest BCUT2D eigenvalue weighted by atomic mass is 10.0. The summed E-state index contributed by atoms with van der Waals surface area (Å²) in [5.41, 5.74) is 1.03. The molecule has 3 rings (SSSR count). The van der Waals surface area contributed by atoms with Gasteiger partial charge in [-0.1, -0.05) is 28.9 Å². The molecule has 1 fully saturated rings. The summed E-state index contributed by atoms with van der Waals surface area (Å²) in [5.74, 6) is 1.20. The molecule has 1 aliphatic heterocycles. The van der Waals surface area contributed by atoms with E-state index < -0.39 is 0 Å². The Labute approximate surface area is 145 Å². The van der Waals surface area contributed by atoms with E-state index in [2.05, 4.69) is 15.5 Å². The third kappa shape index (κ3) is 4.33. The van der Waals surface area contributed by atoms with E-state index in [9.17, 15) is 4.79 Å². The first kappa shape index (κ1) is 16.9. The zero-order valence-electron chi connectivity index (χ0n) is 13.5. The van der Waals surface area contributed by atoms with Crippen LogP contribution in [-0.4, -0.2) is 28.7 Å². The number of benzene rings is 1. The molecule has 6 nitrogen and oxygen atoms in total. The highest BCUT2D eigenvalue weighted by molar-refractivity contribution is 6.30. The van der Waals surface area contributed by atoms with Crippen molar-refractivity contribution in [2.45, 2.75) is 44.8 Å². The highest BCUT2D eigenvalue weighted by Gasteiger charge is 2.30. The van der Waals surface area contributed by atoms with Crippen molar-refractivity contribution in [3.05, 3.63) is 46.6 Å². The number of ether oxygens (including phenoxy) is 1. The van der Waals surface area contributed by atoms with Crippen LogP contribution in [0.4, 0.5) is 0 Å². The van der Waals surface area contributed by atoms with Gasteiger partial charge in [0.25, 0.3) is 0 Å². The zero-order chi connectivity index (χ0) is 16.9. The molecule has 1 amide bonds. The summed E-state index contributed by atoms with van der Waals surface area (Å²) >= 11 is 5.92. The number of halogens is 1. The Kier molecular flexibility index (Phi) is 5.48. The van der Waals surface area contributed by atoms with Gasteiger partial charge in [0.05, 0.1) is 6.04 Å². The van der Waals surface area contributed by atoms with Crippen molar-refractivity contribution < 1.29 is 14.1 Å². The van der Waals surface area contributed by atoms with Gasteiger partial charge in [-0.05, 0) is 37.5 Å². The van der Waals surface area contributed by atoms with Crippen molar-refractivity contribution in [3.8, 4) is 0 Å². The Morgan fingerprint density at radius 2 is 2.17 bits per heavy atom. The number of carbonyl (C=O) groups excluding carboxylic acids is 1. The summed E-state index contributed by atoms with van der Waals surface area (Å²) in [6.07, 6.45) is 2.39. The Morgan fingerprint density at radius 3 is 2.88 bits per heavy atom. The van der Waals surface area contributed by atoms with E-state index in [4.69, 9.17) is 20.9 Å². The monoisotopic (exact) mass is 349 g/mol. The van der Waals surface area contributed by atoms with E-state index >= 15 is 0 Å². The Morgan fingerprint density at radius 1 is 1.38 bits per heavy atom. The summed E-state index contributed by atoms with van der Waals surface area (Å²) < 4.78 is 10.8. The number of aryl methyl sites for hydroxylation is 2. The van der Waals surface area contributed by atoms with Crippen LogP contribution in [0, 0.1) is 6.92 Å².